The summed E-state index contributed by atoms with van der Waals surface area (Å²) < 4.78 is 52.8. The lowest BCUT2D eigenvalue weighted by molar-refractivity contribution is -0.0490. The number of aryl methyl sites for hydroxylation is 1. The quantitative estimate of drug-likeness (QED) is 0.762. The highest BCUT2D eigenvalue weighted by atomic mass is 19.3. The first-order chi connectivity index (χ1) is 7.34. The number of aromatic nitrogens is 2. The molecule has 1 atom stereocenters. The van der Waals surface area contributed by atoms with Gasteiger partial charge in [-0.2, -0.15) is 13.9 Å². The van der Waals surface area contributed by atoms with Crippen LogP contribution >= 0.6 is 0 Å². The maximum absolute atomic E-state index is 13.5. The fourth-order valence-corrected chi connectivity index (χ4v) is 2.07. The first-order valence-corrected chi connectivity index (χ1v) is 4.76. The number of halogens is 4. The lowest BCUT2D eigenvalue weighted by atomic mass is 9.90. The number of nitrogens with zero attached hydrogens (tertiary/aromatic N) is 2. The van der Waals surface area contributed by atoms with Crippen molar-refractivity contribution < 1.29 is 22.7 Å². The van der Waals surface area contributed by atoms with Crippen LogP contribution < -0.4 is 0 Å². The van der Waals surface area contributed by atoms with Gasteiger partial charge in [-0.15, -0.1) is 0 Å². The molecule has 0 radical (unpaired) electrons. The molecule has 0 saturated heterocycles. The molecule has 1 unspecified atom stereocenters. The zero-order chi connectivity index (χ0) is 12.1. The Bertz CT molecular complexity index is 416. The molecule has 3 nitrogen and oxygen atoms in total. The molecule has 1 aliphatic rings. The number of fused-ring (bicyclic) bond motifs is 1. The molecular weight excluding hydrogens is 228 g/mol. The predicted octanol–water partition coefficient (Wildman–Crippen LogP) is 2.28. The van der Waals surface area contributed by atoms with E-state index in [-0.39, 0.29) is 6.42 Å². The Balaban J connectivity index is 2.65. The number of aliphatic hydroxyl groups excluding tert-OH is 1. The highest BCUT2D eigenvalue weighted by molar-refractivity contribution is 5.34. The molecule has 1 heterocycles. The van der Waals surface area contributed by atoms with Crippen molar-refractivity contribution in [2.24, 2.45) is 7.05 Å². The fourth-order valence-electron chi connectivity index (χ4n) is 2.07. The summed E-state index contributed by atoms with van der Waals surface area (Å²) in [5, 5.41) is 12.9. The maximum atomic E-state index is 13.5. The van der Waals surface area contributed by atoms with Crippen LogP contribution in [-0.4, -0.2) is 14.9 Å². The largest absolute Gasteiger partial charge is 0.388 e. The van der Waals surface area contributed by atoms with Crippen molar-refractivity contribution in [2.45, 2.75) is 31.3 Å². The normalized spacial score (nSPS) is 23.6. The topological polar surface area (TPSA) is 38.0 Å². The van der Waals surface area contributed by atoms with E-state index < -0.39 is 41.8 Å². The molecule has 1 aliphatic carbocycles. The molecule has 0 aliphatic heterocycles. The van der Waals surface area contributed by atoms with Gasteiger partial charge in [0.15, 0.2) is 0 Å². The van der Waals surface area contributed by atoms with E-state index in [1.165, 1.54) is 7.05 Å². The van der Waals surface area contributed by atoms with E-state index in [0.29, 0.717) is 0 Å². The Morgan fingerprint density at radius 2 is 2.12 bits per heavy atom. The first-order valence-electron chi connectivity index (χ1n) is 4.76. The van der Waals surface area contributed by atoms with Crippen LogP contribution in [0.15, 0.2) is 0 Å². The molecule has 0 amide bonds. The van der Waals surface area contributed by atoms with Crippen molar-refractivity contribution in [1.29, 1.82) is 0 Å². The summed E-state index contributed by atoms with van der Waals surface area (Å²) in [6.45, 7) is 0. The van der Waals surface area contributed by atoms with Crippen LogP contribution in [0, 0.1) is 0 Å². The van der Waals surface area contributed by atoms with Gasteiger partial charge in [0.25, 0.3) is 12.3 Å². The van der Waals surface area contributed by atoms with Crippen LogP contribution in [0.1, 0.15) is 42.3 Å². The molecule has 0 bridgehead atoms. The standard InChI is InChI=1S/C9H10F4N2O/c1-15-7-5(6(14-15)8(10)11)4(16)2-3-9(7,12)13/h4,8,16H,2-3H2,1H3. The second kappa shape index (κ2) is 3.44. The van der Waals surface area contributed by atoms with Crippen molar-refractivity contribution >= 4 is 0 Å². The third kappa shape index (κ3) is 1.50. The van der Waals surface area contributed by atoms with Crippen LogP contribution in [0.3, 0.4) is 0 Å². The van der Waals surface area contributed by atoms with E-state index in [0.717, 1.165) is 4.68 Å². The number of aliphatic hydroxyl groups is 1. The molecule has 0 spiro atoms. The first kappa shape index (κ1) is 11.4. The van der Waals surface area contributed by atoms with Crippen molar-refractivity contribution in [3.63, 3.8) is 0 Å². The molecule has 0 aromatic carbocycles. The third-order valence-electron chi connectivity index (χ3n) is 2.73. The van der Waals surface area contributed by atoms with Crippen LogP contribution in [0.5, 0.6) is 0 Å². The van der Waals surface area contributed by atoms with E-state index >= 15 is 0 Å². The minimum Gasteiger partial charge on any atom is -0.388 e. The Kier molecular flexibility index (Phi) is 2.45. The second-order valence-electron chi connectivity index (χ2n) is 3.83. The Hall–Kier alpha value is -1.11. The molecule has 1 aromatic rings. The zero-order valence-corrected chi connectivity index (χ0v) is 8.42. The van der Waals surface area contributed by atoms with E-state index in [9.17, 15) is 22.7 Å². The third-order valence-corrected chi connectivity index (χ3v) is 2.73. The Morgan fingerprint density at radius 3 is 2.69 bits per heavy atom. The predicted molar refractivity (Wildman–Crippen MR) is 46.3 cm³/mol. The summed E-state index contributed by atoms with van der Waals surface area (Å²) >= 11 is 0. The van der Waals surface area contributed by atoms with Gasteiger partial charge in [-0.05, 0) is 6.42 Å². The summed E-state index contributed by atoms with van der Waals surface area (Å²) in [4.78, 5) is 0. The second-order valence-corrected chi connectivity index (χ2v) is 3.83. The smallest absolute Gasteiger partial charge is 0.289 e. The van der Waals surface area contributed by atoms with Crippen molar-refractivity contribution in [2.75, 3.05) is 0 Å². The van der Waals surface area contributed by atoms with E-state index in [1.54, 1.807) is 0 Å². The number of hydrogen-bond donors (Lipinski definition) is 1. The summed E-state index contributed by atoms with van der Waals surface area (Å²) in [6, 6.07) is 0. The zero-order valence-electron chi connectivity index (χ0n) is 8.42. The lowest BCUT2D eigenvalue weighted by Gasteiger charge is -2.26. The van der Waals surface area contributed by atoms with Crippen LogP contribution in [-0.2, 0) is 13.0 Å². The minimum atomic E-state index is -3.20. The molecule has 90 valence electrons. The molecule has 7 heteroatoms. The molecule has 16 heavy (non-hydrogen) atoms. The Labute approximate surface area is 88.7 Å². The summed E-state index contributed by atoms with van der Waals surface area (Å²) in [6.07, 6.45) is -5.03. The molecule has 0 fully saturated rings. The van der Waals surface area contributed by atoms with E-state index in [2.05, 4.69) is 5.10 Å². The highest BCUT2D eigenvalue weighted by Gasteiger charge is 2.46. The minimum absolute atomic E-state index is 0.231. The molecule has 1 aromatic heterocycles. The van der Waals surface area contributed by atoms with E-state index in [4.69, 9.17) is 0 Å². The van der Waals surface area contributed by atoms with Gasteiger partial charge in [0.2, 0.25) is 0 Å². The summed E-state index contributed by atoms with van der Waals surface area (Å²) in [7, 11) is 1.18. The van der Waals surface area contributed by atoms with Gasteiger partial charge in [-0.1, -0.05) is 0 Å². The number of rotatable bonds is 1. The molecular formula is C9H10F4N2O. The van der Waals surface area contributed by atoms with Crippen LogP contribution in [0.4, 0.5) is 17.6 Å². The molecule has 1 N–H and O–H groups in total. The van der Waals surface area contributed by atoms with Gasteiger partial charge in [0.1, 0.15) is 11.4 Å². The summed E-state index contributed by atoms with van der Waals surface area (Å²) in [5.74, 6) is -3.20. The van der Waals surface area contributed by atoms with Crippen molar-refractivity contribution in [3.05, 3.63) is 17.0 Å². The average molecular weight is 238 g/mol. The van der Waals surface area contributed by atoms with E-state index in [1.807, 2.05) is 0 Å². The average Bonchev–Trinajstić information content (AvgIpc) is 2.52. The number of alkyl halides is 4. The number of hydrogen-bond acceptors (Lipinski definition) is 2. The monoisotopic (exact) mass is 238 g/mol. The van der Waals surface area contributed by atoms with Crippen molar-refractivity contribution in [1.82, 2.24) is 9.78 Å². The SMILES string of the molecule is Cn1nc(C(F)F)c2c1C(F)(F)CCC2O. The van der Waals surface area contributed by atoms with Crippen LogP contribution in [0.25, 0.3) is 0 Å². The molecule has 0 saturated carbocycles. The fraction of sp³-hybridized carbons (Fsp3) is 0.667. The maximum Gasteiger partial charge on any atom is 0.289 e. The Morgan fingerprint density at radius 1 is 1.50 bits per heavy atom. The van der Waals surface area contributed by atoms with Gasteiger partial charge < -0.3 is 5.11 Å². The van der Waals surface area contributed by atoms with Crippen LogP contribution in [0.2, 0.25) is 0 Å². The van der Waals surface area contributed by atoms with Gasteiger partial charge >= 0.3 is 0 Å². The lowest BCUT2D eigenvalue weighted by Crippen LogP contribution is -2.26. The highest BCUT2D eigenvalue weighted by Crippen LogP contribution is 2.46. The van der Waals surface area contributed by atoms with Crippen molar-refractivity contribution in [3.8, 4) is 0 Å². The van der Waals surface area contributed by atoms with Gasteiger partial charge in [0, 0.05) is 19.0 Å². The van der Waals surface area contributed by atoms with Gasteiger partial charge in [-0.3, -0.25) is 4.68 Å². The summed E-state index contributed by atoms with van der Waals surface area (Å²) in [5.41, 5.74) is -1.75. The van der Waals surface area contributed by atoms with Gasteiger partial charge in [0.05, 0.1) is 6.10 Å². The molecule has 2 rings (SSSR count). The van der Waals surface area contributed by atoms with Gasteiger partial charge in [-0.25, -0.2) is 8.78 Å².